The highest BCUT2D eigenvalue weighted by Gasteiger charge is 2.33. The van der Waals surface area contributed by atoms with Crippen molar-refractivity contribution in [1.82, 2.24) is 4.98 Å². The summed E-state index contributed by atoms with van der Waals surface area (Å²) in [5.41, 5.74) is 10.7. The maximum absolute atomic E-state index is 13.1. The second-order valence-electron chi connectivity index (χ2n) is 9.24. The van der Waals surface area contributed by atoms with Crippen LogP contribution in [0.15, 0.2) is 42.6 Å². The molecule has 1 aromatic heterocycles. The third-order valence-corrected chi connectivity index (χ3v) is 6.92. The molecule has 0 aliphatic heterocycles. The lowest BCUT2D eigenvalue weighted by Crippen LogP contribution is -2.33. The predicted molar refractivity (Wildman–Crippen MR) is 131 cm³/mol. The maximum Gasteiger partial charge on any atom is 0.169 e. The Labute approximate surface area is 194 Å². The number of aromatic nitrogens is 1. The molecule has 3 aromatic rings. The van der Waals surface area contributed by atoms with Gasteiger partial charge in [0.1, 0.15) is 0 Å². The predicted octanol–water partition coefficient (Wildman–Crippen LogP) is 5.19. The van der Waals surface area contributed by atoms with Crippen molar-refractivity contribution in [3.05, 3.63) is 48.2 Å². The summed E-state index contributed by atoms with van der Waals surface area (Å²) in [6.07, 6.45) is 7.73. The molecule has 0 amide bonds. The zero-order valence-electron chi connectivity index (χ0n) is 19.3. The number of carbonyl (C=O) groups excluding carboxylic acids is 1. The molecule has 0 radical (unpaired) electrons. The second kappa shape index (κ2) is 9.02. The molecule has 6 heteroatoms. The van der Waals surface area contributed by atoms with Gasteiger partial charge in [-0.2, -0.15) is 0 Å². The van der Waals surface area contributed by atoms with Crippen LogP contribution in [0.5, 0.6) is 11.5 Å². The minimum absolute atomic E-state index is 0.138. The van der Waals surface area contributed by atoms with E-state index in [0.29, 0.717) is 23.1 Å². The first-order valence-corrected chi connectivity index (χ1v) is 11.8. The van der Waals surface area contributed by atoms with E-state index in [-0.39, 0.29) is 17.7 Å². The van der Waals surface area contributed by atoms with Crippen molar-refractivity contribution in [2.45, 2.75) is 50.6 Å². The third-order valence-electron chi connectivity index (χ3n) is 6.92. The highest BCUT2D eigenvalue weighted by atomic mass is 16.5. The molecule has 0 spiro atoms. The quantitative estimate of drug-likeness (QED) is 0.487. The van der Waals surface area contributed by atoms with E-state index in [4.69, 9.17) is 15.2 Å². The number of anilines is 1. The van der Waals surface area contributed by atoms with Crippen LogP contribution in [0.25, 0.3) is 22.0 Å². The fourth-order valence-corrected chi connectivity index (χ4v) is 4.76. The fourth-order valence-electron chi connectivity index (χ4n) is 4.76. The van der Waals surface area contributed by atoms with Crippen molar-refractivity contribution in [2.24, 2.45) is 11.7 Å². The van der Waals surface area contributed by atoms with E-state index in [2.05, 4.69) is 22.4 Å². The molecule has 2 aliphatic carbocycles. The van der Waals surface area contributed by atoms with Gasteiger partial charge in [0.25, 0.3) is 0 Å². The van der Waals surface area contributed by atoms with Crippen molar-refractivity contribution in [3.8, 4) is 22.6 Å². The molecule has 2 fully saturated rings. The topological polar surface area (TPSA) is 86.5 Å². The molecule has 6 nitrogen and oxygen atoms in total. The lowest BCUT2D eigenvalue weighted by atomic mass is 9.91. The number of hydrogen-bond acceptors (Lipinski definition) is 6. The maximum atomic E-state index is 13.1. The normalized spacial score (nSPS) is 20.5. The van der Waals surface area contributed by atoms with Crippen LogP contribution in [-0.2, 0) is 0 Å². The summed E-state index contributed by atoms with van der Waals surface area (Å²) in [6, 6.07) is 12.7. The van der Waals surface area contributed by atoms with Gasteiger partial charge in [0.05, 0.1) is 31.0 Å². The van der Waals surface area contributed by atoms with Crippen LogP contribution in [0.4, 0.5) is 5.69 Å². The number of ether oxygens (including phenoxy) is 2. The number of ketones is 1. The van der Waals surface area contributed by atoms with Gasteiger partial charge in [0.2, 0.25) is 0 Å². The van der Waals surface area contributed by atoms with Crippen LogP contribution in [-0.4, -0.2) is 37.1 Å². The molecule has 1 heterocycles. The lowest BCUT2D eigenvalue weighted by molar-refractivity contribution is 0.0968. The van der Waals surface area contributed by atoms with E-state index in [9.17, 15) is 4.79 Å². The van der Waals surface area contributed by atoms with Crippen LogP contribution < -0.4 is 20.5 Å². The molecule has 3 N–H and O–H groups in total. The van der Waals surface area contributed by atoms with Gasteiger partial charge in [0, 0.05) is 29.6 Å². The number of nitrogens with one attached hydrogen (secondary N) is 1. The van der Waals surface area contributed by atoms with E-state index < -0.39 is 0 Å². The number of methoxy groups -OCH3 is 2. The van der Waals surface area contributed by atoms with Crippen LogP contribution in [0.1, 0.15) is 48.9 Å². The number of carbonyl (C=O) groups is 1. The molecule has 2 aromatic carbocycles. The Morgan fingerprint density at radius 1 is 0.939 bits per heavy atom. The van der Waals surface area contributed by atoms with Crippen molar-refractivity contribution < 1.29 is 14.3 Å². The number of fused-ring (bicyclic) bond motifs is 1. The van der Waals surface area contributed by atoms with Crippen molar-refractivity contribution in [2.75, 3.05) is 19.5 Å². The molecule has 2 aliphatic rings. The summed E-state index contributed by atoms with van der Waals surface area (Å²) < 4.78 is 10.9. The molecule has 0 atom stereocenters. The largest absolute Gasteiger partial charge is 0.493 e. The molecule has 5 rings (SSSR count). The molecular formula is C27H31N3O3. The summed E-state index contributed by atoms with van der Waals surface area (Å²) in [7, 11) is 3.27. The smallest absolute Gasteiger partial charge is 0.169 e. The minimum atomic E-state index is 0.138. The Morgan fingerprint density at radius 3 is 2.33 bits per heavy atom. The molecule has 0 saturated heterocycles. The Hall–Kier alpha value is -3.12. The van der Waals surface area contributed by atoms with Gasteiger partial charge in [-0.05, 0) is 73.9 Å². The average Bonchev–Trinajstić information content (AvgIpc) is 3.70. The monoisotopic (exact) mass is 445 g/mol. The number of nitrogens with two attached hydrogens (primary N) is 1. The Morgan fingerprint density at radius 2 is 1.64 bits per heavy atom. The summed E-state index contributed by atoms with van der Waals surface area (Å²) in [6.45, 7) is 0. The van der Waals surface area contributed by atoms with E-state index in [1.807, 2.05) is 24.3 Å². The average molecular weight is 446 g/mol. The van der Waals surface area contributed by atoms with Crippen LogP contribution in [0.2, 0.25) is 0 Å². The molecule has 0 bridgehead atoms. The van der Waals surface area contributed by atoms with Gasteiger partial charge < -0.3 is 20.5 Å². The summed E-state index contributed by atoms with van der Waals surface area (Å²) >= 11 is 0. The lowest BCUT2D eigenvalue weighted by Gasteiger charge is -2.29. The van der Waals surface area contributed by atoms with E-state index in [0.717, 1.165) is 66.2 Å². The fraction of sp³-hybridized carbons (Fsp3) is 0.407. The summed E-state index contributed by atoms with van der Waals surface area (Å²) in [5, 5.41) is 4.71. The number of nitrogens with zero attached hydrogens (tertiary/aromatic N) is 1. The van der Waals surface area contributed by atoms with Gasteiger partial charge in [-0.25, -0.2) is 0 Å². The van der Waals surface area contributed by atoms with Crippen LogP contribution in [0.3, 0.4) is 0 Å². The summed E-state index contributed by atoms with van der Waals surface area (Å²) in [4.78, 5) is 17.8. The zero-order valence-corrected chi connectivity index (χ0v) is 19.3. The first-order valence-electron chi connectivity index (χ1n) is 11.8. The van der Waals surface area contributed by atoms with Gasteiger partial charge in [-0.15, -0.1) is 0 Å². The molecule has 2 saturated carbocycles. The number of hydrogen-bond donors (Lipinski definition) is 2. The van der Waals surface area contributed by atoms with Gasteiger partial charge >= 0.3 is 0 Å². The van der Waals surface area contributed by atoms with E-state index in [1.165, 1.54) is 0 Å². The van der Waals surface area contributed by atoms with Crippen molar-refractivity contribution >= 4 is 22.4 Å². The highest BCUT2D eigenvalue weighted by molar-refractivity contribution is 6.10. The van der Waals surface area contributed by atoms with E-state index >= 15 is 0 Å². The van der Waals surface area contributed by atoms with Crippen LogP contribution >= 0.6 is 0 Å². The Bertz CT molecular complexity index is 1180. The SMILES string of the molecule is COc1ccc(-c2ccc3ncc(C(=O)C4CC4)c(NC4CCC(N)CC4)c3c2)cc1OC. The molecular weight excluding hydrogens is 414 g/mol. The zero-order chi connectivity index (χ0) is 22.9. The first kappa shape index (κ1) is 21.7. The Balaban J connectivity index is 1.59. The highest BCUT2D eigenvalue weighted by Crippen LogP contribution is 2.39. The number of Topliss-reactive ketones (excluding diaryl/α,β-unsaturated/α-hetero) is 1. The van der Waals surface area contributed by atoms with E-state index in [1.54, 1.807) is 20.4 Å². The van der Waals surface area contributed by atoms with Crippen LogP contribution in [0, 0.1) is 5.92 Å². The number of pyridine rings is 1. The third kappa shape index (κ3) is 4.40. The van der Waals surface area contributed by atoms with Gasteiger partial charge in [-0.1, -0.05) is 12.1 Å². The van der Waals surface area contributed by atoms with Gasteiger partial charge in [0.15, 0.2) is 17.3 Å². The van der Waals surface area contributed by atoms with Crippen molar-refractivity contribution in [1.29, 1.82) is 0 Å². The minimum Gasteiger partial charge on any atom is -0.493 e. The standard InChI is InChI=1S/C27H31N3O3/c1-32-24-12-6-18(14-25(24)33-2)17-5-11-23-21(13-17)26(30-20-9-7-19(28)8-10-20)22(15-29-23)27(31)16-3-4-16/h5-6,11-16,19-20H,3-4,7-10,28H2,1-2H3,(H,29,30). The molecule has 172 valence electrons. The van der Waals surface area contributed by atoms with Crippen molar-refractivity contribution in [3.63, 3.8) is 0 Å². The number of benzene rings is 2. The molecule has 0 unspecified atom stereocenters. The Kier molecular flexibility index (Phi) is 5.94. The summed E-state index contributed by atoms with van der Waals surface area (Å²) in [5.74, 6) is 1.72. The van der Waals surface area contributed by atoms with Gasteiger partial charge in [-0.3, -0.25) is 9.78 Å². The molecule has 33 heavy (non-hydrogen) atoms. The second-order valence-corrected chi connectivity index (χ2v) is 9.24. The first-order chi connectivity index (χ1) is 16.1. The number of rotatable bonds is 7.